The minimum absolute atomic E-state index is 0. The fourth-order valence-electron chi connectivity index (χ4n) is 3.18. The van der Waals surface area contributed by atoms with Crippen molar-refractivity contribution in [2.45, 2.75) is 52.9 Å². The van der Waals surface area contributed by atoms with Crippen LogP contribution in [0.2, 0.25) is 0 Å². The van der Waals surface area contributed by atoms with Crippen LogP contribution in [0.1, 0.15) is 52.9 Å². The number of carbonyl (C=O) groups excluding carboxylic acids is 2. The Morgan fingerprint density at radius 2 is 1.32 bits per heavy atom. The molecule has 0 unspecified atom stereocenters. The summed E-state index contributed by atoms with van der Waals surface area (Å²) in [6, 6.07) is 0. The number of aliphatic carboxylic acids is 2. The van der Waals surface area contributed by atoms with Crippen molar-refractivity contribution >= 4 is 11.9 Å². The Hall–Kier alpha value is 0.537. The molecule has 1 fully saturated rings. The first-order chi connectivity index (χ1) is 7.74. The molecule has 1 saturated carbocycles. The van der Waals surface area contributed by atoms with Gasteiger partial charge in [0, 0.05) is 0 Å². The maximum atomic E-state index is 11.5. The number of hydrogen-bond donors (Lipinski definition) is 0. The molecule has 0 radical (unpaired) electrons. The minimum atomic E-state index is -1.88. The maximum absolute atomic E-state index is 11.5. The van der Waals surface area contributed by atoms with Crippen molar-refractivity contribution in [3.63, 3.8) is 0 Å². The van der Waals surface area contributed by atoms with E-state index in [4.69, 9.17) is 0 Å². The van der Waals surface area contributed by atoms with Gasteiger partial charge in [0.2, 0.25) is 0 Å². The van der Waals surface area contributed by atoms with Crippen LogP contribution in [-0.2, 0) is 9.59 Å². The van der Waals surface area contributed by atoms with Crippen molar-refractivity contribution < 1.29 is 68.2 Å². The van der Waals surface area contributed by atoms with Gasteiger partial charge in [-0.15, -0.1) is 0 Å². The van der Waals surface area contributed by atoms with Gasteiger partial charge in [-0.05, 0) is 24.2 Å². The maximum Gasteiger partial charge on any atom is 1.00 e. The van der Waals surface area contributed by atoms with Crippen LogP contribution in [0.25, 0.3) is 0 Å². The third-order valence-electron chi connectivity index (χ3n) is 4.04. The van der Waals surface area contributed by atoms with Gasteiger partial charge in [0.05, 0.1) is 17.4 Å². The van der Waals surface area contributed by atoms with Crippen molar-refractivity contribution in [2.75, 3.05) is 0 Å². The molecule has 1 aliphatic carbocycles. The van der Waals surface area contributed by atoms with Crippen LogP contribution >= 0.6 is 0 Å². The van der Waals surface area contributed by atoms with Gasteiger partial charge in [-0.3, -0.25) is 0 Å². The molecule has 0 heterocycles. The summed E-state index contributed by atoms with van der Waals surface area (Å²) in [6.07, 6.45) is 4.04. The van der Waals surface area contributed by atoms with E-state index in [1.54, 1.807) is 20.8 Å². The average Bonchev–Trinajstić information content (AvgIpc) is 2.16. The smallest absolute Gasteiger partial charge is 0.549 e. The van der Waals surface area contributed by atoms with Crippen molar-refractivity contribution in [3.05, 3.63) is 0 Å². The van der Waals surface area contributed by atoms with E-state index in [0.717, 1.165) is 19.3 Å². The van der Waals surface area contributed by atoms with E-state index in [9.17, 15) is 19.8 Å². The Balaban J connectivity index is 0. The van der Waals surface area contributed by atoms with Gasteiger partial charge >= 0.3 is 48.4 Å². The van der Waals surface area contributed by atoms with Crippen LogP contribution in [0, 0.1) is 16.7 Å². The molecule has 0 atom stereocenters. The van der Waals surface area contributed by atoms with Gasteiger partial charge < -0.3 is 19.8 Å². The van der Waals surface area contributed by atoms with E-state index in [-0.39, 0.29) is 54.3 Å². The topological polar surface area (TPSA) is 80.3 Å². The van der Waals surface area contributed by atoms with Gasteiger partial charge in [-0.25, -0.2) is 0 Å². The molecule has 0 saturated heterocycles. The molecule has 0 spiro atoms. The summed E-state index contributed by atoms with van der Waals surface area (Å²) in [5.41, 5.74) is -2.79. The molecule has 0 aromatic carbocycles. The quantitative estimate of drug-likeness (QED) is 0.378. The third-order valence-corrected chi connectivity index (χ3v) is 4.04. The predicted octanol–water partition coefficient (Wildman–Crippen LogP) is -5.89. The van der Waals surface area contributed by atoms with Crippen LogP contribution in [0.15, 0.2) is 0 Å². The van der Waals surface area contributed by atoms with E-state index in [2.05, 4.69) is 0 Å². The molecule has 0 amide bonds. The van der Waals surface area contributed by atoms with E-state index >= 15 is 0 Å². The van der Waals surface area contributed by atoms with Crippen LogP contribution in [0.4, 0.5) is 0 Å². The first-order valence-electron chi connectivity index (χ1n) is 6.17. The second-order valence-corrected chi connectivity index (χ2v) is 5.97. The van der Waals surface area contributed by atoms with Gasteiger partial charge in [-0.2, -0.15) is 0 Å². The van der Waals surface area contributed by atoms with Crippen molar-refractivity contribution in [3.8, 4) is 0 Å². The average molecular weight is 270 g/mol. The summed E-state index contributed by atoms with van der Waals surface area (Å²) in [5, 5.41) is 23.0. The molecule has 19 heavy (non-hydrogen) atoms. The van der Waals surface area contributed by atoms with Crippen LogP contribution in [0.5, 0.6) is 0 Å². The molecule has 0 bridgehead atoms. The van der Waals surface area contributed by atoms with Crippen molar-refractivity contribution in [1.82, 2.24) is 0 Å². The van der Waals surface area contributed by atoms with Gasteiger partial charge in [0.25, 0.3) is 0 Å². The molecule has 0 N–H and O–H groups in total. The third kappa shape index (κ3) is 4.01. The summed E-state index contributed by atoms with van der Waals surface area (Å²) in [7, 11) is 0. The Bertz CT molecular complexity index is 305. The number of hydrogen-bond acceptors (Lipinski definition) is 4. The molecular weight excluding hydrogens is 250 g/mol. The summed E-state index contributed by atoms with van der Waals surface area (Å²) < 4.78 is 0. The van der Waals surface area contributed by atoms with Crippen molar-refractivity contribution in [2.24, 2.45) is 16.7 Å². The Morgan fingerprint density at radius 1 is 0.947 bits per heavy atom. The van der Waals surface area contributed by atoms with E-state index in [1.807, 2.05) is 0 Å². The molecule has 4 nitrogen and oxygen atoms in total. The normalized spacial score (nSPS) is 17.0. The van der Waals surface area contributed by atoms with Crippen LogP contribution < -0.4 is 58.6 Å². The fourth-order valence-corrected chi connectivity index (χ4v) is 3.18. The number of carbonyl (C=O) groups is 2. The molecule has 0 aromatic heterocycles. The van der Waals surface area contributed by atoms with E-state index in [1.165, 1.54) is 0 Å². The predicted molar refractivity (Wildman–Crippen MR) is 58.5 cm³/mol. The van der Waals surface area contributed by atoms with Crippen molar-refractivity contribution in [1.29, 1.82) is 0 Å². The first kappa shape index (κ1) is 21.8. The second-order valence-electron chi connectivity index (χ2n) is 5.97. The molecule has 1 aliphatic rings. The fraction of sp³-hybridized carbons (Fsp3) is 0.846. The SMILES string of the molecule is CC(C)(C)C(C(=O)[O-])(C(=O)[O-])C1CCCCC1.[Li+].[Na+]. The minimum Gasteiger partial charge on any atom is -0.549 e. The summed E-state index contributed by atoms with van der Waals surface area (Å²) in [6.45, 7) is 4.90. The summed E-state index contributed by atoms with van der Waals surface area (Å²) in [4.78, 5) is 23.0. The standard InChI is InChI=1S/C13H22O4.Li.Na/c1-12(2,3)13(10(14)15,11(16)17)9-7-5-4-6-8-9;;/h9H,4-8H2,1-3H3,(H,14,15)(H,16,17);;/q;2*+1/p-2. The molecule has 0 aliphatic heterocycles. The van der Waals surface area contributed by atoms with E-state index < -0.39 is 22.8 Å². The zero-order valence-electron chi connectivity index (χ0n) is 12.7. The van der Waals surface area contributed by atoms with Crippen LogP contribution in [-0.4, -0.2) is 11.9 Å². The monoisotopic (exact) mass is 270 g/mol. The molecule has 0 aromatic rings. The molecule has 1 rings (SSSR count). The van der Waals surface area contributed by atoms with Gasteiger partial charge in [0.1, 0.15) is 0 Å². The zero-order chi connectivity index (χ0) is 13.3. The van der Waals surface area contributed by atoms with E-state index in [0.29, 0.717) is 12.8 Å². The summed E-state index contributed by atoms with van der Waals surface area (Å²) >= 11 is 0. The molecule has 6 heteroatoms. The Labute approximate surface area is 149 Å². The second kappa shape index (κ2) is 8.10. The first-order valence-corrected chi connectivity index (χ1v) is 6.17. The number of rotatable bonds is 3. The zero-order valence-corrected chi connectivity index (χ0v) is 14.7. The molecular formula is C13H20LiNaO4. The van der Waals surface area contributed by atoms with Gasteiger partial charge in [-0.1, -0.05) is 40.0 Å². The number of carboxylic acid groups (broad SMARTS) is 2. The van der Waals surface area contributed by atoms with Crippen LogP contribution in [0.3, 0.4) is 0 Å². The number of carboxylic acids is 2. The molecule has 98 valence electrons. The Kier molecular flexibility index (Phi) is 9.30. The largest absolute Gasteiger partial charge is 1.00 e. The summed E-state index contributed by atoms with van der Waals surface area (Å²) in [5.74, 6) is -3.39. The Morgan fingerprint density at radius 3 is 1.58 bits per heavy atom. The van der Waals surface area contributed by atoms with Gasteiger partial charge in [0.15, 0.2) is 0 Å².